The predicted octanol–water partition coefficient (Wildman–Crippen LogP) is 3.54. The molecule has 1 heterocycles. The molecule has 112 valence electrons. The molecule has 21 heavy (non-hydrogen) atoms. The van der Waals surface area contributed by atoms with Gasteiger partial charge in [0.2, 0.25) is 0 Å². The van der Waals surface area contributed by atoms with E-state index in [4.69, 9.17) is 0 Å². The highest BCUT2D eigenvalue weighted by Crippen LogP contribution is 2.37. The largest absolute Gasteiger partial charge is 0.271 e. The summed E-state index contributed by atoms with van der Waals surface area (Å²) in [5, 5.41) is 0. The Bertz CT molecular complexity index is 632. The Kier molecular flexibility index (Phi) is 4.57. The van der Waals surface area contributed by atoms with Gasteiger partial charge in [0.25, 0.3) is 11.8 Å². The molecule has 0 bridgehead atoms. The molecule has 0 aromatic heterocycles. The Morgan fingerprint density at radius 3 is 2.29 bits per heavy atom. The number of benzene rings is 1. The number of nitrogens with zero attached hydrogens (tertiary/aromatic N) is 1. The van der Waals surface area contributed by atoms with Gasteiger partial charge < -0.3 is 0 Å². The number of carbonyl (C=O) groups excluding carboxylic acids is 2. The maximum absolute atomic E-state index is 12.7. The number of rotatable bonds is 4. The van der Waals surface area contributed by atoms with Crippen LogP contribution in [0, 0.1) is 13.8 Å². The van der Waals surface area contributed by atoms with Crippen LogP contribution in [0.3, 0.4) is 0 Å². The zero-order valence-corrected chi connectivity index (χ0v) is 14.0. The highest BCUT2D eigenvalue weighted by molar-refractivity contribution is 8.04. The fourth-order valence-electron chi connectivity index (χ4n) is 2.42. The van der Waals surface area contributed by atoms with E-state index in [1.807, 2.05) is 52.8 Å². The summed E-state index contributed by atoms with van der Waals surface area (Å²) in [5.74, 6) is 0.443. The number of thioether (sulfide) groups is 1. The van der Waals surface area contributed by atoms with Crippen LogP contribution in [0.15, 0.2) is 23.1 Å². The molecule has 0 saturated heterocycles. The van der Waals surface area contributed by atoms with E-state index in [-0.39, 0.29) is 17.9 Å². The summed E-state index contributed by atoms with van der Waals surface area (Å²) in [6.45, 7) is 9.79. The van der Waals surface area contributed by atoms with Crippen molar-refractivity contribution >= 4 is 29.1 Å². The average molecular weight is 303 g/mol. The number of hydrogen-bond acceptors (Lipinski definition) is 3. The van der Waals surface area contributed by atoms with Gasteiger partial charge in [-0.05, 0) is 50.1 Å². The van der Waals surface area contributed by atoms with Gasteiger partial charge in [-0.15, -0.1) is 11.8 Å². The minimum atomic E-state index is -0.172. The summed E-state index contributed by atoms with van der Waals surface area (Å²) < 4.78 is 0. The first-order valence-electron chi connectivity index (χ1n) is 7.21. The van der Waals surface area contributed by atoms with E-state index < -0.39 is 0 Å². The van der Waals surface area contributed by atoms with Gasteiger partial charge in [0, 0.05) is 6.04 Å². The second kappa shape index (κ2) is 6.06. The lowest BCUT2D eigenvalue weighted by molar-refractivity contribution is -0.138. The Balaban J connectivity index is 2.57. The van der Waals surface area contributed by atoms with E-state index in [1.165, 1.54) is 22.2 Å². The number of carbonyl (C=O) groups is 2. The van der Waals surface area contributed by atoms with Crippen LogP contribution < -0.4 is 0 Å². The van der Waals surface area contributed by atoms with Crippen LogP contribution in [0.2, 0.25) is 0 Å². The van der Waals surface area contributed by atoms with Crippen molar-refractivity contribution in [2.75, 3.05) is 5.75 Å². The Morgan fingerprint density at radius 1 is 1.10 bits per heavy atom. The molecule has 0 spiro atoms. The molecule has 4 heteroatoms. The standard InChI is InChI=1S/C17H21NO2S/c1-6-21-15-14(13-8-7-11(4)12(5)9-13)16(19)18(10(2)3)17(15)20/h7-10H,6H2,1-5H3. The van der Waals surface area contributed by atoms with E-state index in [2.05, 4.69) is 0 Å². The van der Waals surface area contributed by atoms with Crippen LogP contribution in [0.1, 0.15) is 37.5 Å². The van der Waals surface area contributed by atoms with Crippen LogP contribution in [-0.4, -0.2) is 28.5 Å². The smallest absolute Gasteiger partial charge is 0.268 e. The quantitative estimate of drug-likeness (QED) is 0.798. The highest BCUT2D eigenvalue weighted by Gasteiger charge is 2.40. The fraction of sp³-hybridized carbons (Fsp3) is 0.412. The third-order valence-corrected chi connectivity index (χ3v) is 4.63. The first-order valence-corrected chi connectivity index (χ1v) is 8.19. The van der Waals surface area contributed by atoms with E-state index in [0.29, 0.717) is 10.5 Å². The molecule has 2 rings (SSSR count). The molecular weight excluding hydrogens is 282 g/mol. The molecule has 1 aromatic rings. The van der Waals surface area contributed by atoms with Gasteiger partial charge in [-0.1, -0.05) is 25.1 Å². The predicted molar refractivity (Wildman–Crippen MR) is 88.0 cm³/mol. The van der Waals surface area contributed by atoms with Crippen LogP contribution in [0.4, 0.5) is 0 Å². The zero-order valence-electron chi connectivity index (χ0n) is 13.2. The molecule has 3 nitrogen and oxygen atoms in total. The molecule has 0 atom stereocenters. The first kappa shape index (κ1) is 15.8. The maximum atomic E-state index is 12.7. The van der Waals surface area contributed by atoms with Gasteiger partial charge >= 0.3 is 0 Å². The molecule has 0 radical (unpaired) electrons. The van der Waals surface area contributed by atoms with E-state index in [9.17, 15) is 9.59 Å². The normalized spacial score (nSPS) is 15.6. The second-order valence-corrected chi connectivity index (χ2v) is 6.78. The van der Waals surface area contributed by atoms with Gasteiger partial charge in [0.15, 0.2) is 0 Å². The lowest BCUT2D eigenvalue weighted by Crippen LogP contribution is -2.37. The molecule has 1 aliphatic heterocycles. The highest BCUT2D eigenvalue weighted by atomic mass is 32.2. The van der Waals surface area contributed by atoms with Crippen LogP contribution in [-0.2, 0) is 9.59 Å². The molecule has 0 N–H and O–H groups in total. The zero-order chi connectivity index (χ0) is 15.7. The number of amides is 2. The molecule has 2 amide bonds. The minimum absolute atomic E-state index is 0.124. The van der Waals surface area contributed by atoms with Crippen molar-refractivity contribution in [2.24, 2.45) is 0 Å². The lowest BCUT2D eigenvalue weighted by Gasteiger charge is -2.19. The Hall–Kier alpha value is -1.55. The molecule has 0 aliphatic carbocycles. The molecule has 1 aliphatic rings. The SMILES string of the molecule is CCSC1=C(c2ccc(C)c(C)c2)C(=O)N(C(C)C)C1=O. The molecule has 0 fully saturated rings. The second-order valence-electron chi connectivity index (χ2n) is 5.51. The molecule has 0 saturated carbocycles. The maximum Gasteiger partial charge on any atom is 0.268 e. The van der Waals surface area contributed by atoms with Crippen molar-refractivity contribution in [1.29, 1.82) is 0 Å². The van der Waals surface area contributed by atoms with E-state index in [1.54, 1.807) is 0 Å². The van der Waals surface area contributed by atoms with Gasteiger partial charge in [0.1, 0.15) is 0 Å². The van der Waals surface area contributed by atoms with Crippen molar-refractivity contribution in [2.45, 2.75) is 40.7 Å². The van der Waals surface area contributed by atoms with E-state index in [0.717, 1.165) is 16.9 Å². The van der Waals surface area contributed by atoms with Gasteiger partial charge in [0.05, 0.1) is 10.5 Å². The Morgan fingerprint density at radius 2 is 1.76 bits per heavy atom. The summed E-state index contributed by atoms with van der Waals surface area (Å²) in [4.78, 5) is 27.1. The number of imide groups is 1. The van der Waals surface area contributed by atoms with Gasteiger partial charge in [-0.3, -0.25) is 14.5 Å². The lowest BCUT2D eigenvalue weighted by atomic mass is 10.0. The monoisotopic (exact) mass is 303 g/mol. The summed E-state index contributed by atoms with van der Waals surface area (Å²) >= 11 is 1.45. The van der Waals surface area contributed by atoms with E-state index >= 15 is 0 Å². The average Bonchev–Trinajstić information content (AvgIpc) is 2.65. The van der Waals surface area contributed by atoms with Crippen molar-refractivity contribution in [3.05, 3.63) is 39.8 Å². The fourth-order valence-corrected chi connectivity index (χ4v) is 3.28. The summed E-state index contributed by atoms with van der Waals surface area (Å²) in [7, 11) is 0. The number of aryl methyl sites for hydroxylation is 2. The molecule has 1 aromatic carbocycles. The topological polar surface area (TPSA) is 37.4 Å². The summed E-state index contributed by atoms with van der Waals surface area (Å²) in [5.41, 5.74) is 3.71. The van der Waals surface area contributed by atoms with Gasteiger partial charge in [-0.2, -0.15) is 0 Å². The third kappa shape index (κ3) is 2.77. The van der Waals surface area contributed by atoms with Crippen LogP contribution in [0.25, 0.3) is 5.57 Å². The Labute approximate surface area is 130 Å². The first-order chi connectivity index (χ1) is 9.88. The van der Waals surface area contributed by atoms with Crippen LogP contribution >= 0.6 is 11.8 Å². The van der Waals surface area contributed by atoms with Crippen molar-refractivity contribution in [3.63, 3.8) is 0 Å². The van der Waals surface area contributed by atoms with Crippen molar-refractivity contribution in [3.8, 4) is 0 Å². The number of hydrogen-bond donors (Lipinski definition) is 0. The molecule has 0 unspecified atom stereocenters. The minimum Gasteiger partial charge on any atom is -0.271 e. The molecular formula is C17H21NO2S. The van der Waals surface area contributed by atoms with Crippen LogP contribution in [0.5, 0.6) is 0 Å². The third-order valence-electron chi connectivity index (χ3n) is 3.67. The van der Waals surface area contributed by atoms with Crippen molar-refractivity contribution < 1.29 is 9.59 Å². The van der Waals surface area contributed by atoms with Crippen molar-refractivity contribution in [1.82, 2.24) is 4.90 Å². The summed E-state index contributed by atoms with van der Waals surface area (Å²) in [6, 6.07) is 5.81. The summed E-state index contributed by atoms with van der Waals surface area (Å²) in [6.07, 6.45) is 0. The van der Waals surface area contributed by atoms with Gasteiger partial charge in [-0.25, -0.2) is 0 Å².